The molecule has 1 aromatic carbocycles. The molecular weight excluding hydrogens is 258 g/mol. The van der Waals surface area contributed by atoms with E-state index >= 15 is 0 Å². The Morgan fingerprint density at radius 2 is 1.70 bits per heavy atom. The zero-order chi connectivity index (χ0) is 14.5. The van der Waals surface area contributed by atoms with Gasteiger partial charge >= 0.3 is 0 Å². The lowest BCUT2D eigenvalue weighted by Crippen LogP contribution is -2.47. The summed E-state index contributed by atoms with van der Waals surface area (Å²) >= 11 is 0. The number of rotatable bonds is 5. The van der Waals surface area contributed by atoms with Crippen molar-refractivity contribution in [2.45, 2.75) is 20.3 Å². The zero-order valence-corrected chi connectivity index (χ0v) is 12.4. The van der Waals surface area contributed by atoms with Crippen LogP contribution < -0.4 is 0 Å². The van der Waals surface area contributed by atoms with Gasteiger partial charge in [-0.1, -0.05) is 19.9 Å². The van der Waals surface area contributed by atoms with Gasteiger partial charge in [0.25, 0.3) is 0 Å². The molecule has 1 heterocycles. The van der Waals surface area contributed by atoms with Crippen LogP contribution >= 0.6 is 0 Å². The number of halogens is 2. The van der Waals surface area contributed by atoms with Crippen molar-refractivity contribution in [3.05, 3.63) is 35.4 Å². The van der Waals surface area contributed by atoms with Gasteiger partial charge in [-0.2, -0.15) is 0 Å². The van der Waals surface area contributed by atoms with E-state index in [2.05, 4.69) is 23.6 Å². The Balaban J connectivity index is 1.76. The molecular formula is C16H24F2N2. The first kappa shape index (κ1) is 15.4. The number of benzene rings is 1. The van der Waals surface area contributed by atoms with Crippen molar-refractivity contribution in [2.24, 2.45) is 5.92 Å². The number of hydrogen-bond donors (Lipinski definition) is 0. The molecule has 0 spiro atoms. The zero-order valence-electron chi connectivity index (χ0n) is 12.4. The van der Waals surface area contributed by atoms with Crippen molar-refractivity contribution >= 4 is 0 Å². The minimum absolute atomic E-state index is 0.427. The van der Waals surface area contributed by atoms with E-state index in [0.717, 1.165) is 45.3 Å². The monoisotopic (exact) mass is 282 g/mol. The van der Waals surface area contributed by atoms with Crippen molar-refractivity contribution in [3.8, 4) is 0 Å². The molecule has 2 rings (SSSR count). The molecule has 0 amide bonds. The Morgan fingerprint density at radius 3 is 2.30 bits per heavy atom. The molecule has 4 heteroatoms. The Bertz CT molecular complexity index is 426. The Kier molecular flexibility index (Phi) is 5.49. The molecule has 0 aliphatic carbocycles. The summed E-state index contributed by atoms with van der Waals surface area (Å²) in [5, 5.41) is 0. The van der Waals surface area contributed by atoms with E-state index in [1.54, 1.807) is 6.07 Å². The van der Waals surface area contributed by atoms with Gasteiger partial charge < -0.3 is 9.80 Å². The predicted octanol–water partition coefficient (Wildman–Crippen LogP) is 2.78. The topological polar surface area (TPSA) is 6.48 Å². The second kappa shape index (κ2) is 7.14. The summed E-state index contributed by atoms with van der Waals surface area (Å²) < 4.78 is 26.4. The van der Waals surface area contributed by atoms with Crippen molar-refractivity contribution < 1.29 is 8.78 Å². The summed E-state index contributed by atoms with van der Waals surface area (Å²) in [5.74, 6) is -0.230. The molecule has 0 aromatic heterocycles. The van der Waals surface area contributed by atoms with Crippen LogP contribution in [0.1, 0.15) is 19.4 Å². The van der Waals surface area contributed by atoms with Gasteiger partial charge in [-0.25, -0.2) is 8.78 Å². The first-order valence-electron chi connectivity index (χ1n) is 7.43. The van der Waals surface area contributed by atoms with Gasteiger partial charge in [0.05, 0.1) is 0 Å². The Morgan fingerprint density at radius 1 is 1.05 bits per heavy atom. The van der Waals surface area contributed by atoms with Crippen LogP contribution in [-0.4, -0.2) is 49.1 Å². The van der Waals surface area contributed by atoms with Crippen LogP contribution in [0.5, 0.6) is 0 Å². The largest absolute Gasteiger partial charge is 0.301 e. The molecule has 112 valence electrons. The average Bonchev–Trinajstić information content (AvgIpc) is 2.39. The Labute approximate surface area is 120 Å². The van der Waals surface area contributed by atoms with E-state index in [1.807, 2.05) is 0 Å². The normalized spacial score (nSPS) is 17.9. The molecule has 1 saturated heterocycles. The lowest BCUT2D eigenvalue weighted by atomic mass is 10.1. The molecule has 0 N–H and O–H groups in total. The van der Waals surface area contributed by atoms with Gasteiger partial charge in [0, 0.05) is 45.3 Å². The number of hydrogen-bond acceptors (Lipinski definition) is 2. The fraction of sp³-hybridized carbons (Fsp3) is 0.625. The first-order chi connectivity index (χ1) is 9.54. The van der Waals surface area contributed by atoms with Gasteiger partial charge in [0.2, 0.25) is 0 Å². The summed E-state index contributed by atoms with van der Waals surface area (Å²) in [4.78, 5) is 4.85. The Hall–Kier alpha value is -1.00. The molecule has 0 bridgehead atoms. The van der Waals surface area contributed by atoms with Crippen molar-refractivity contribution in [2.75, 3.05) is 39.3 Å². The highest BCUT2D eigenvalue weighted by Gasteiger charge is 2.17. The number of nitrogens with zero attached hydrogens (tertiary/aromatic N) is 2. The molecule has 2 nitrogen and oxygen atoms in total. The average molecular weight is 282 g/mol. The lowest BCUT2D eigenvalue weighted by Gasteiger charge is -2.35. The van der Waals surface area contributed by atoms with E-state index in [-0.39, 0.29) is 0 Å². The van der Waals surface area contributed by atoms with Crippen molar-refractivity contribution in [1.29, 1.82) is 0 Å². The van der Waals surface area contributed by atoms with Crippen LogP contribution in [0.4, 0.5) is 8.78 Å². The van der Waals surface area contributed by atoms with Crippen LogP contribution in [0.15, 0.2) is 18.2 Å². The minimum Gasteiger partial charge on any atom is -0.301 e. The highest BCUT2D eigenvalue weighted by atomic mass is 19.1. The molecule has 1 aliphatic rings. The van der Waals surface area contributed by atoms with E-state index in [1.165, 1.54) is 6.07 Å². The van der Waals surface area contributed by atoms with Crippen LogP contribution in [-0.2, 0) is 6.42 Å². The van der Waals surface area contributed by atoms with Gasteiger partial charge in [0.1, 0.15) is 11.6 Å². The summed E-state index contributed by atoms with van der Waals surface area (Å²) in [5.41, 5.74) is 0.607. The molecule has 0 atom stereocenters. The van der Waals surface area contributed by atoms with Gasteiger partial charge in [-0.15, -0.1) is 0 Å². The maximum atomic E-state index is 13.5. The SMILES string of the molecule is CC(C)CN1CCN(CCc2ccc(F)cc2F)CC1. The molecule has 0 radical (unpaired) electrons. The third-order valence-electron chi connectivity index (χ3n) is 3.80. The quantitative estimate of drug-likeness (QED) is 0.819. The molecule has 20 heavy (non-hydrogen) atoms. The molecule has 1 fully saturated rings. The summed E-state index contributed by atoms with van der Waals surface area (Å²) in [6, 6.07) is 3.86. The van der Waals surface area contributed by atoms with Crippen LogP contribution in [0, 0.1) is 17.6 Å². The second-order valence-electron chi connectivity index (χ2n) is 6.02. The smallest absolute Gasteiger partial charge is 0.129 e. The van der Waals surface area contributed by atoms with E-state index in [0.29, 0.717) is 17.9 Å². The predicted molar refractivity (Wildman–Crippen MR) is 77.8 cm³/mol. The van der Waals surface area contributed by atoms with Gasteiger partial charge in [0.15, 0.2) is 0 Å². The third-order valence-corrected chi connectivity index (χ3v) is 3.80. The molecule has 1 aromatic rings. The first-order valence-corrected chi connectivity index (χ1v) is 7.43. The summed E-state index contributed by atoms with van der Waals surface area (Å²) in [6.07, 6.45) is 0.649. The number of piperazine rings is 1. The van der Waals surface area contributed by atoms with Crippen molar-refractivity contribution in [3.63, 3.8) is 0 Å². The minimum atomic E-state index is -0.506. The van der Waals surface area contributed by atoms with E-state index in [4.69, 9.17) is 0 Å². The highest BCUT2D eigenvalue weighted by Crippen LogP contribution is 2.12. The summed E-state index contributed by atoms with van der Waals surface area (Å²) in [7, 11) is 0. The molecule has 0 saturated carbocycles. The van der Waals surface area contributed by atoms with Crippen LogP contribution in [0.2, 0.25) is 0 Å². The second-order valence-corrected chi connectivity index (χ2v) is 6.02. The highest BCUT2D eigenvalue weighted by molar-refractivity contribution is 5.18. The maximum Gasteiger partial charge on any atom is 0.129 e. The van der Waals surface area contributed by atoms with Gasteiger partial charge in [-0.3, -0.25) is 0 Å². The molecule has 1 aliphatic heterocycles. The van der Waals surface area contributed by atoms with Crippen LogP contribution in [0.25, 0.3) is 0 Å². The van der Waals surface area contributed by atoms with E-state index in [9.17, 15) is 8.78 Å². The fourth-order valence-corrected chi connectivity index (χ4v) is 2.71. The van der Waals surface area contributed by atoms with Crippen molar-refractivity contribution in [1.82, 2.24) is 9.80 Å². The van der Waals surface area contributed by atoms with Gasteiger partial charge in [-0.05, 0) is 24.0 Å². The standard InChI is InChI=1S/C16H24F2N2/c1-13(2)12-20-9-7-19(8-10-20)6-5-14-3-4-15(17)11-16(14)18/h3-4,11,13H,5-10,12H2,1-2H3. The van der Waals surface area contributed by atoms with E-state index < -0.39 is 11.6 Å². The fourth-order valence-electron chi connectivity index (χ4n) is 2.71. The summed E-state index contributed by atoms with van der Waals surface area (Å²) in [6.45, 7) is 10.7. The molecule has 0 unspecified atom stereocenters. The third kappa shape index (κ3) is 4.53. The lowest BCUT2D eigenvalue weighted by molar-refractivity contribution is 0.123. The van der Waals surface area contributed by atoms with Crippen LogP contribution in [0.3, 0.4) is 0 Å². The maximum absolute atomic E-state index is 13.5.